The normalized spacial score (nSPS) is 20.6. The number of ether oxygens (including phenoxy) is 1. The molecule has 5 heteroatoms. The number of carboxylic acids is 1. The SMILES string of the molecule is CCC(C)(NC(=O)C1OCCc2ccccc21)C(=O)O. The third-order valence-electron chi connectivity index (χ3n) is 3.81. The quantitative estimate of drug-likeness (QED) is 0.877. The van der Waals surface area contributed by atoms with Gasteiger partial charge in [0.1, 0.15) is 5.54 Å². The first kappa shape index (κ1) is 14.5. The number of nitrogens with one attached hydrogen (secondary N) is 1. The number of carbonyl (C=O) groups is 2. The Hall–Kier alpha value is -1.88. The van der Waals surface area contributed by atoms with Crippen LogP contribution in [-0.2, 0) is 20.7 Å². The summed E-state index contributed by atoms with van der Waals surface area (Å²) < 4.78 is 5.53. The third-order valence-corrected chi connectivity index (χ3v) is 3.81. The average molecular weight is 277 g/mol. The van der Waals surface area contributed by atoms with Crippen LogP contribution < -0.4 is 5.32 Å². The summed E-state index contributed by atoms with van der Waals surface area (Å²) in [6.45, 7) is 3.69. The number of hydrogen-bond acceptors (Lipinski definition) is 3. The van der Waals surface area contributed by atoms with Crippen LogP contribution in [0.25, 0.3) is 0 Å². The van der Waals surface area contributed by atoms with Crippen molar-refractivity contribution in [1.82, 2.24) is 5.32 Å². The van der Waals surface area contributed by atoms with Crippen molar-refractivity contribution in [2.75, 3.05) is 6.61 Å². The van der Waals surface area contributed by atoms with E-state index in [1.807, 2.05) is 24.3 Å². The first-order valence-corrected chi connectivity index (χ1v) is 6.73. The number of hydrogen-bond donors (Lipinski definition) is 2. The highest BCUT2D eigenvalue weighted by Gasteiger charge is 2.36. The summed E-state index contributed by atoms with van der Waals surface area (Å²) in [7, 11) is 0. The molecular weight excluding hydrogens is 258 g/mol. The van der Waals surface area contributed by atoms with Gasteiger partial charge in [-0.1, -0.05) is 31.2 Å². The van der Waals surface area contributed by atoms with Crippen LogP contribution in [0.3, 0.4) is 0 Å². The highest BCUT2D eigenvalue weighted by Crippen LogP contribution is 2.27. The highest BCUT2D eigenvalue weighted by atomic mass is 16.5. The molecule has 2 N–H and O–H groups in total. The average Bonchev–Trinajstić information content (AvgIpc) is 2.46. The fraction of sp³-hybridized carbons (Fsp3) is 0.467. The Labute approximate surface area is 117 Å². The molecule has 5 nitrogen and oxygen atoms in total. The molecular formula is C15H19NO4. The minimum absolute atomic E-state index is 0.308. The molecule has 2 rings (SSSR count). The molecule has 20 heavy (non-hydrogen) atoms. The maximum Gasteiger partial charge on any atom is 0.329 e. The summed E-state index contributed by atoms with van der Waals surface area (Å²) in [5.74, 6) is -1.44. The summed E-state index contributed by atoms with van der Waals surface area (Å²) in [6, 6.07) is 7.59. The van der Waals surface area contributed by atoms with Gasteiger partial charge < -0.3 is 15.2 Å². The molecule has 1 amide bonds. The number of fused-ring (bicyclic) bond motifs is 1. The zero-order valence-electron chi connectivity index (χ0n) is 11.7. The van der Waals surface area contributed by atoms with E-state index in [4.69, 9.17) is 4.74 Å². The van der Waals surface area contributed by atoms with Gasteiger partial charge in [0.25, 0.3) is 5.91 Å². The second-order valence-corrected chi connectivity index (χ2v) is 5.18. The molecule has 0 saturated carbocycles. The first-order valence-electron chi connectivity index (χ1n) is 6.73. The summed E-state index contributed by atoms with van der Waals surface area (Å²) in [4.78, 5) is 23.6. The predicted molar refractivity (Wildman–Crippen MR) is 73.3 cm³/mol. The summed E-state index contributed by atoms with van der Waals surface area (Å²) in [5, 5.41) is 11.8. The van der Waals surface area contributed by atoms with Gasteiger partial charge in [0.2, 0.25) is 0 Å². The van der Waals surface area contributed by atoms with E-state index in [1.165, 1.54) is 6.92 Å². The van der Waals surface area contributed by atoms with Crippen molar-refractivity contribution < 1.29 is 19.4 Å². The molecule has 2 atom stereocenters. The first-order chi connectivity index (χ1) is 9.48. The lowest BCUT2D eigenvalue weighted by Crippen LogP contribution is -2.53. The van der Waals surface area contributed by atoms with E-state index in [-0.39, 0.29) is 0 Å². The topological polar surface area (TPSA) is 75.6 Å². The van der Waals surface area contributed by atoms with Crippen molar-refractivity contribution in [2.45, 2.75) is 38.3 Å². The van der Waals surface area contributed by atoms with Gasteiger partial charge in [0.15, 0.2) is 6.10 Å². The van der Waals surface area contributed by atoms with E-state index in [0.29, 0.717) is 13.0 Å². The van der Waals surface area contributed by atoms with E-state index in [2.05, 4.69) is 5.32 Å². The van der Waals surface area contributed by atoms with Crippen molar-refractivity contribution in [2.24, 2.45) is 0 Å². The van der Waals surface area contributed by atoms with Crippen molar-refractivity contribution in [3.8, 4) is 0 Å². The molecule has 0 radical (unpaired) electrons. The Balaban J connectivity index is 2.21. The zero-order chi connectivity index (χ0) is 14.8. The molecule has 1 heterocycles. The van der Waals surface area contributed by atoms with Crippen molar-refractivity contribution >= 4 is 11.9 Å². The third kappa shape index (κ3) is 2.67. The van der Waals surface area contributed by atoms with Crippen LogP contribution >= 0.6 is 0 Å². The van der Waals surface area contributed by atoms with Crippen LogP contribution in [0.4, 0.5) is 0 Å². The van der Waals surface area contributed by atoms with E-state index in [0.717, 1.165) is 17.5 Å². The second kappa shape index (κ2) is 5.63. The van der Waals surface area contributed by atoms with Crippen molar-refractivity contribution in [3.63, 3.8) is 0 Å². The Morgan fingerprint density at radius 3 is 2.80 bits per heavy atom. The van der Waals surface area contributed by atoms with Gasteiger partial charge >= 0.3 is 5.97 Å². The van der Waals surface area contributed by atoms with Crippen molar-refractivity contribution in [1.29, 1.82) is 0 Å². The van der Waals surface area contributed by atoms with Gasteiger partial charge in [0.05, 0.1) is 6.61 Å². The van der Waals surface area contributed by atoms with Gasteiger partial charge in [-0.15, -0.1) is 0 Å². The Bertz CT molecular complexity index is 528. The number of amides is 1. The van der Waals surface area contributed by atoms with E-state index in [9.17, 15) is 14.7 Å². The number of aliphatic carboxylic acids is 1. The molecule has 0 saturated heterocycles. The lowest BCUT2D eigenvalue weighted by Gasteiger charge is -2.30. The minimum Gasteiger partial charge on any atom is -0.480 e. The fourth-order valence-electron chi connectivity index (χ4n) is 2.24. The Morgan fingerprint density at radius 1 is 1.45 bits per heavy atom. The summed E-state index contributed by atoms with van der Waals surface area (Å²) >= 11 is 0. The Kier molecular flexibility index (Phi) is 4.09. The van der Waals surface area contributed by atoms with Gasteiger partial charge in [-0.2, -0.15) is 0 Å². The number of carboxylic acid groups (broad SMARTS) is 1. The molecule has 0 fully saturated rings. The van der Waals surface area contributed by atoms with Gasteiger partial charge in [0, 0.05) is 0 Å². The second-order valence-electron chi connectivity index (χ2n) is 5.18. The molecule has 0 aliphatic carbocycles. The maximum absolute atomic E-state index is 12.3. The van der Waals surface area contributed by atoms with Crippen LogP contribution in [-0.4, -0.2) is 29.1 Å². The molecule has 0 bridgehead atoms. The van der Waals surface area contributed by atoms with Crippen LogP contribution in [0, 0.1) is 0 Å². The molecule has 0 aromatic heterocycles. The largest absolute Gasteiger partial charge is 0.480 e. The summed E-state index contributed by atoms with van der Waals surface area (Å²) in [5.41, 5.74) is 0.625. The lowest BCUT2D eigenvalue weighted by molar-refractivity contribution is -0.150. The smallest absolute Gasteiger partial charge is 0.329 e. The predicted octanol–water partition coefficient (Wildman–Crippen LogP) is 1.67. The van der Waals surface area contributed by atoms with Gasteiger partial charge in [-0.05, 0) is 30.9 Å². The number of benzene rings is 1. The van der Waals surface area contributed by atoms with Crippen LogP contribution in [0.2, 0.25) is 0 Å². The summed E-state index contributed by atoms with van der Waals surface area (Å²) in [6.07, 6.45) is 0.344. The number of carbonyl (C=O) groups excluding carboxylic acids is 1. The van der Waals surface area contributed by atoms with Crippen LogP contribution in [0.1, 0.15) is 37.5 Å². The van der Waals surface area contributed by atoms with Crippen LogP contribution in [0.5, 0.6) is 0 Å². The molecule has 0 spiro atoms. The van der Waals surface area contributed by atoms with Crippen molar-refractivity contribution in [3.05, 3.63) is 35.4 Å². The van der Waals surface area contributed by atoms with Gasteiger partial charge in [-0.25, -0.2) is 4.79 Å². The molecule has 108 valence electrons. The number of rotatable bonds is 4. The highest BCUT2D eigenvalue weighted by molar-refractivity contribution is 5.89. The standard InChI is InChI=1S/C15H19NO4/c1-3-15(2,14(18)19)16-13(17)12-11-7-5-4-6-10(11)8-9-20-12/h4-7,12H,3,8-9H2,1-2H3,(H,16,17)(H,18,19). The van der Waals surface area contributed by atoms with E-state index >= 15 is 0 Å². The van der Waals surface area contributed by atoms with Crippen LogP contribution in [0.15, 0.2) is 24.3 Å². The molecule has 1 aliphatic rings. The monoisotopic (exact) mass is 277 g/mol. The van der Waals surface area contributed by atoms with Gasteiger partial charge in [-0.3, -0.25) is 4.79 Å². The fourth-order valence-corrected chi connectivity index (χ4v) is 2.24. The Morgan fingerprint density at radius 2 is 2.15 bits per heavy atom. The minimum atomic E-state index is -1.27. The molecule has 2 unspecified atom stereocenters. The van der Waals surface area contributed by atoms with E-state index < -0.39 is 23.5 Å². The molecule has 1 aromatic rings. The maximum atomic E-state index is 12.3. The van der Waals surface area contributed by atoms with E-state index in [1.54, 1.807) is 6.92 Å². The molecule has 1 aromatic carbocycles. The molecule has 1 aliphatic heterocycles. The zero-order valence-corrected chi connectivity index (χ0v) is 11.7. The lowest BCUT2D eigenvalue weighted by atomic mass is 9.94.